The zero-order valence-electron chi connectivity index (χ0n) is 8.91. The van der Waals surface area contributed by atoms with Crippen molar-refractivity contribution in [1.82, 2.24) is 5.32 Å². The summed E-state index contributed by atoms with van der Waals surface area (Å²) >= 11 is 2.19. The van der Waals surface area contributed by atoms with E-state index in [4.69, 9.17) is 5.73 Å². The summed E-state index contributed by atoms with van der Waals surface area (Å²) in [7, 11) is 0. The van der Waals surface area contributed by atoms with Gasteiger partial charge < -0.3 is 11.1 Å². The molecule has 5 heteroatoms. The van der Waals surface area contributed by atoms with Gasteiger partial charge in [-0.2, -0.15) is 0 Å². The topological polar surface area (TPSA) is 55.1 Å². The summed E-state index contributed by atoms with van der Waals surface area (Å²) in [6, 6.07) is 7.54. The third kappa shape index (κ3) is 5.67. The number of nitrogens with one attached hydrogen (secondary N) is 1. The first-order valence-corrected chi connectivity index (χ1v) is 6.06. The minimum Gasteiger partial charge on any atom is -0.352 e. The van der Waals surface area contributed by atoms with E-state index in [9.17, 15) is 4.79 Å². The molecule has 0 spiro atoms. The van der Waals surface area contributed by atoms with Crippen LogP contribution >= 0.6 is 35.0 Å². The Bertz CT molecular complexity index is 334. The molecule has 3 nitrogen and oxygen atoms in total. The van der Waals surface area contributed by atoms with Crippen LogP contribution in [-0.4, -0.2) is 19.0 Å². The summed E-state index contributed by atoms with van der Waals surface area (Å²) in [5.41, 5.74) is 6.08. The number of hydrogen-bond acceptors (Lipinski definition) is 2. The van der Waals surface area contributed by atoms with Crippen LogP contribution in [0.1, 0.15) is 23.2 Å². The molecule has 0 saturated carbocycles. The Morgan fingerprint density at radius 3 is 2.75 bits per heavy atom. The number of hydrogen-bond donors (Lipinski definition) is 2. The van der Waals surface area contributed by atoms with Gasteiger partial charge in [0, 0.05) is 15.7 Å². The van der Waals surface area contributed by atoms with Crippen molar-refractivity contribution in [2.45, 2.75) is 12.8 Å². The number of rotatable bonds is 5. The van der Waals surface area contributed by atoms with E-state index in [0.29, 0.717) is 13.1 Å². The molecule has 0 atom stereocenters. The number of amides is 1. The molecule has 1 aromatic rings. The molecule has 0 unspecified atom stereocenters. The summed E-state index contributed by atoms with van der Waals surface area (Å²) in [5, 5.41) is 2.86. The first-order chi connectivity index (χ1) is 7.24. The Labute approximate surface area is 116 Å². The molecule has 90 valence electrons. The lowest BCUT2D eigenvalue weighted by Crippen LogP contribution is -2.24. The average molecular weight is 355 g/mol. The lowest BCUT2D eigenvalue weighted by Gasteiger charge is -2.04. The maximum atomic E-state index is 11.6. The van der Waals surface area contributed by atoms with E-state index < -0.39 is 0 Å². The van der Waals surface area contributed by atoms with Crippen molar-refractivity contribution in [2.24, 2.45) is 5.73 Å². The minimum atomic E-state index is -0.00876. The number of benzene rings is 1. The van der Waals surface area contributed by atoms with E-state index in [1.54, 1.807) is 0 Å². The second-order valence-corrected chi connectivity index (χ2v) is 4.51. The van der Waals surface area contributed by atoms with E-state index >= 15 is 0 Å². The SMILES string of the molecule is Cl.NCCCCNC(=O)c1cccc(I)c1. The van der Waals surface area contributed by atoms with Crippen LogP contribution in [0.5, 0.6) is 0 Å². The van der Waals surface area contributed by atoms with Crippen molar-refractivity contribution in [3.05, 3.63) is 33.4 Å². The molecule has 0 aliphatic heterocycles. The molecule has 0 bridgehead atoms. The molecule has 0 aliphatic rings. The van der Waals surface area contributed by atoms with Gasteiger partial charge in [0.2, 0.25) is 0 Å². The average Bonchev–Trinajstić information content (AvgIpc) is 2.24. The van der Waals surface area contributed by atoms with Gasteiger partial charge in [0.1, 0.15) is 0 Å². The van der Waals surface area contributed by atoms with Crippen LogP contribution in [-0.2, 0) is 0 Å². The van der Waals surface area contributed by atoms with Crippen LogP contribution in [0.2, 0.25) is 0 Å². The highest BCUT2D eigenvalue weighted by atomic mass is 127. The fourth-order valence-electron chi connectivity index (χ4n) is 1.20. The van der Waals surface area contributed by atoms with Gasteiger partial charge in [0.25, 0.3) is 5.91 Å². The van der Waals surface area contributed by atoms with Crippen molar-refractivity contribution in [3.8, 4) is 0 Å². The van der Waals surface area contributed by atoms with Crippen molar-refractivity contribution < 1.29 is 4.79 Å². The number of nitrogens with two attached hydrogens (primary N) is 1. The molecule has 0 fully saturated rings. The summed E-state index contributed by atoms with van der Waals surface area (Å²) in [6.45, 7) is 1.38. The van der Waals surface area contributed by atoms with Gasteiger partial charge in [0.15, 0.2) is 0 Å². The lowest BCUT2D eigenvalue weighted by molar-refractivity contribution is 0.0953. The standard InChI is InChI=1S/C11H15IN2O.ClH/c12-10-5-3-4-9(8-10)11(15)14-7-2-1-6-13;/h3-5,8H,1-2,6-7,13H2,(H,14,15);1H. The van der Waals surface area contributed by atoms with Crippen LogP contribution in [0.15, 0.2) is 24.3 Å². The number of carbonyl (C=O) groups excluding carboxylic acids is 1. The van der Waals surface area contributed by atoms with Crippen molar-refractivity contribution in [2.75, 3.05) is 13.1 Å². The fraction of sp³-hybridized carbons (Fsp3) is 0.364. The Morgan fingerprint density at radius 2 is 2.12 bits per heavy atom. The summed E-state index contributed by atoms with van der Waals surface area (Å²) < 4.78 is 1.07. The van der Waals surface area contributed by atoms with Crippen LogP contribution < -0.4 is 11.1 Å². The van der Waals surface area contributed by atoms with Crippen molar-refractivity contribution in [3.63, 3.8) is 0 Å². The van der Waals surface area contributed by atoms with Gasteiger partial charge in [0.05, 0.1) is 0 Å². The smallest absolute Gasteiger partial charge is 0.251 e. The Kier molecular flexibility index (Phi) is 8.60. The predicted octanol–water partition coefficient (Wildman–Crippen LogP) is 2.18. The van der Waals surface area contributed by atoms with E-state index in [1.807, 2.05) is 24.3 Å². The van der Waals surface area contributed by atoms with Crippen molar-refractivity contribution in [1.29, 1.82) is 0 Å². The van der Waals surface area contributed by atoms with E-state index in [2.05, 4.69) is 27.9 Å². The molecular formula is C11H16ClIN2O. The first-order valence-electron chi connectivity index (χ1n) is 4.98. The highest BCUT2D eigenvalue weighted by Gasteiger charge is 2.03. The van der Waals surface area contributed by atoms with E-state index in [0.717, 1.165) is 22.0 Å². The molecule has 0 heterocycles. The van der Waals surface area contributed by atoms with Crippen LogP contribution in [0.3, 0.4) is 0 Å². The lowest BCUT2D eigenvalue weighted by atomic mass is 10.2. The van der Waals surface area contributed by atoms with Gasteiger partial charge in [-0.25, -0.2) is 0 Å². The number of unbranched alkanes of at least 4 members (excludes halogenated alkanes) is 1. The third-order valence-corrected chi connectivity index (χ3v) is 2.67. The van der Waals surface area contributed by atoms with E-state index in [-0.39, 0.29) is 18.3 Å². The second kappa shape index (κ2) is 8.78. The molecule has 0 aromatic heterocycles. The van der Waals surface area contributed by atoms with E-state index in [1.165, 1.54) is 0 Å². The fourth-order valence-corrected chi connectivity index (χ4v) is 1.75. The van der Waals surface area contributed by atoms with Gasteiger partial charge in [-0.1, -0.05) is 6.07 Å². The highest BCUT2D eigenvalue weighted by Crippen LogP contribution is 2.07. The quantitative estimate of drug-likeness (QED) is 0.629. The zero-order chi connectivity index (χ0) is 11.1. The molecule has 1 rings (SSSR count). The highest BCUT2D eigenvalue weighted by molar-refractivity contribution is 14.1. The van der Waals surface area contributed by atoms with Gasteiger partial charge >= 0.3 is 0 Å². The molecule has 1 aromatic carbocycles. The normalized spacial score (nSPS) is 9.38. The third-order valence-electron chi connectivity index (χ3n) is 2.00. The first kappa shape index (κ1) is 15.7. The minimum absolute atomic E-state index is 0. The molecule has 1 amide bonds. The summed E-state index contributed by atoms with van der Waals surface area (Å²) in [5.74, 6) is -0.00876. The van der Waals surface area contributed by atoms with Gasteiger partial charge in [-0.3, -0.25) is 4.79 Å². The Balaban J connectivity index is 0.00000225. The number of carbonyl (C=O) groups is 1. The molecule has 3 N–H and O–H groups in total. The van der Waals surface area contributed by atoms with Gasteiger partial charge in [-0.15, -0.1) is 12.4 Å². The molecule has 0 saturated heterocycles. The summed E-state index contributed by atoms with van der Waals surface area (Å²) in [4.78, 5) is 11.6. The maximum absolute atomic E-state index is 11.6. The summed E-state index contributed by atoms with van der Waals surface area (Å²) in [6.07, 6.45) is 1.89. The van der Waals surface area contributed by atoms with Crippen LogP contribution in [0, 0.1) is 3.57 Å². The predicted molar refractivity (Wildman–Crippen MR) is 77.0 cm³/mol. The van der Waals surface area contributed by atoms with Crippen LogP contribution in [0.25, 0.3) is 0 Å². The molecular weight excluding hydrogens is 338 g/mol. The second-order valence-electron chi connectivity index (χ2n) is 3.26. The Morgan fingerprint density at radius 1 is 1.38 bits per heavy atom. The zero-order valence-corrected chi connectivity index (χ0v) is 11.9. The largest absolute Gasteiger partial charge is 0.352 e. The molecule has 16 heavy (non-hydrogen) atoms. The monoisotopic (exact) mass is 354 g/mol. The van der Waals surface area contributed by atoms with Gasteiger partial charge in [-0.05, 0) is 60.2 Å². The maximum Gasteiger partial charge on any atom is 0.251 e. The van der Waals surface area contributed by atoms with Crippen molar-refractivity contribution >= 4 is 40.9 Å². The molecule has 0 aliphatic carbocycles. The van der Waals surface area contributed by atoms with Crippen LogP contribution in [0.4, 0.5) is 0 Å². The molecule has 0 radical (unpaired) electrons. The Hall–Kier alpha value is -0.330. The number of halogens is 2.